The number of carbonyl (C=O) groups excluding carboxylic acids is 3. The highest BCUT2D eigenvalue weighted by Crippen LogP contribution is 2.41. The number of hydrogen-bond acceptors (Lipinski definition) is 7. The van der Waals surface area contributed by atoms with Crippen LogP contribution in [-0.4, -0.2) is 37.0 Å². The van der Waals surface area contributed by atoms with E-state index in [1.165, 1.54) is 19.1 Å². The number of methoxy groups -OCH3 is 2. The Morgan fingerprint density at radius 2 is 1.91 bits per heavy atom. The molecule has 0 aliphatic heterocycles. The molecule has 170 valence electrons. The summed E-state index contributed by atoms with van der Waals surface area (Å²) in [7, 11) is 2.48. The standard InChI is InChI=1S/C22H22ClFN2O5S/c1-30-17(27)10-16-18(23)19(20(24)32-16)26(12-13-6-5-9-25-11-13)21(28)14-7-3-4-8-15(14)22(29)31-2/h5-6,9,11H,3-4,7-8,10,12H2,1-2H3. The fourth-order valence-electron chi connectivity index (χ4n) is 3.54. The minimum Gasteiger partial charge on any atom is -0.469 e. The van der Waals surface area contributed by atoms with Crippen molar-refractivity contribution in [2.45, 2.75) is 38.6 Å². The molecule has 2 aromatic rings. The number of thiophene rings is 1. The van der Waals surface area contributed by atoms with Crippen molar-refractivity contribution in [3.05, 3.63) is 56.3 Å². The Hall–Kier alpha value is -2.78. The predicted molar refractivity (Wildman–Crippen MR) is 118 cm³/mol. The molecule has 0 fully saturated rings. The van der Waals surface area contributed by atoms with Gasteiger partial charge in [0.2, 0.25) is 5.13 Å². The topological polar surface area (TPSA) is 85.8 Å². The molecule has 1 aliphatic carbocycles. The number of amides is 1. The number of pyridine rings is 1. The quantitative estimate of drug-likeness (QED) is 0.551. The molecule has 0 radical (unpaired) electrons. The first-order chi connectivity index (χ1) is 15.4. The molecule has 0 spiro atoms. The van der Waals surface area contributed by atoms with Gasteiger partial charge in [0.05, 0.1) is 32.2 Å². The van der Waals surface area contributed by atoms with Crippen LogP contribution in [0, 0.1) is 5.13 Å². The first kappa shape index (κ1) is 23.9. The van der Waals surface area contributed by atoms with E-state index in [-0.39, 0.29) is 34.1 Å². The van der Waals surface area contributed by atoms with Crippen LogP contribution >= 0.6 is 22.9 Å². The molecule has 1 aliphatic rings. The third-order valence-corrected chi connectivity index (χ3v) is 6.61. The fraction of sp³-hybridized carbons (Fsp3) is 0.364. The van der Waals surface area contributed by atoms with E-state index >= 15 is 4.39 Å². The molecule has 32 heavy (non-hydrogen) atoms. The van der Waals surface area contributed by atoms with Crippen molar-refractivity contribution in [2.75, 3.05) is 19.1 Å². The number of halogens is 2. The van der Waals surface area contributed by atoms with Gasteiger partial charge in [0.15, 0.2) is 0 Å². The maximum Gasteiger partial charge on any atom is 0.334 e. The van der Waals surface area contributed by atoms with Crippen molar-refractivity contribution in [3.63, 3.8) is 0 Å². The van der Waals surface area contributed by atoms with Crippen molar-refractivity contribution in [3.8, 4) is 0 Å². The van der Waals surface area contributed by atoms with Crippen molar-refractivity contribution >= 4 is 46.5 Å². The van der Waals surface area contributed by atoms with Gasteiger partial charge in [-0.3, -0.25) is 19.5 Å². The molecule has 2 heterocycles. The van der Waals surface area contributed by atoms with Crippen molar-refractivity contribution < 1.29 is 28.2 Å². The van der Waals surface area contributed by atoms with E-state index in [0.29, 0.717) is 35.3 Å². The van der Waals surface area contributed by atoms with Crippen LogP contribution in [0.1, 0.15) is 36.1 Å². The molecule has 10 heteroatoms. The Labute approximate surface area is 193 Å². The van der Waals surface area contributed by atoms with E-state index < -0.39 is 23.0 Å². The average molecular weight is 481 g/mol. The first-order valence-electron chi connectivity index (χ1n) is 9.91. The number of rotatable bonds is 7. The van der Waals surface area contributed by atoms with Crippen LogP contribution in [0.25, 0.3) is 0 Å². The van der Waals surface area contributed by atoms with Gasteiger partial charge in [-0.15, -0.1) is 11.3 Å². The summed E-state index contributed by atoms with van der Waals surface area (Å²) in [6.45, 7) is -0.0182. The molecule has 0 saturated carbocycles. The van der Waals surface area contributed by atoms with Crippen LogP contribution in [0.3, 0.4) is 0 Å². The minimum absolute atomic E-state index is 0.0182. The smallest absolute Gasteiger partial charge is 0.334 e. The third kappa shape index (κ3) is 5.16. The number of hydrogen-bond donors (Lipinski definition) is 0. The molecule has 0 bridgehead atoms. The van der Waals surface area contributed by atoms with Gasteiger partial charge in [-0.25, -0.2) is 4.79 Å². The maximum atomic E-state index is 15.1. The number of esters is 2. The lowest BCUT2D eigenvalue weighted by Crippen LogP contribution is -2.34. The van der Waals surface area contributed by atoms with E-state index in [1.807, 2.05) is 0 Å². The Morgan fingerprint density at radius 3 is 2.53 bits per heavy atom. The largest absolute Gasteiger partial charge is 0.469 e. The van der Waals surface area contributed by atoms with E-state index in [1.54, 1.807) is 24.5 Å². The van der Waals surface area contributed by atoms with Crippen LogP contribution < -0.4 is 4.90 Å². The van der Waals surface area contributed by atoms with Crippen LogP contribution in [-0.2, 0) is 36.8 Å². The Bertz CT molecular complexity index is 1050. The Morgan fingerprint density at radius 1 is 1.19 bits per heavy atom. The lowest BCUT2D eigenvalue weighted by Gasteiger charge is -2.27. The molecular weight excluding hydrogens is 459 g/mol. The summed E-state index contributed by atoms with van der Waals surface area (Å²) in [5.41, 5.74) is 1.09. The zero-order valence-corrected chi connectivity index (χ0v) is 19.2. The van der Waals surface area contributed by atoms with Gasteiger partial charge in [0.1, 0.15) is 5.69 Å². The summed E-state index contributed by atoms with van der Waals surface area (Å²) >= 11 is 7.13. The van der Waals surface area contributed by atoms with Gasteiger partial charge >= 0.3 is 11.9 Å². The van der Waals surface area contributed by atoms with E-state index in [2.05, 4.69) is 9.72 Å². The van der Waals surface area contributed by atoms with Crippen LogP contribution in [0.5, 0.6) is 0 Å². The maximum absolute atomic E-state index is 15.1. The van der Waals surface area contributed by atoms with Gasteiger partial charge in [0, 0.05) is 28.4 Å². The third-order valence-electron chi connectivity index (χ3n) is 5.12. The average Bonchev–Trinajstić information content (AvgIpc) is 3.09. The summed E-state index contributed by atoms with van der Waals surface area (Å²) < 4.78 is 24.6. The van der Waals surface area contributed by atoms with E-state index in [9.17, 15) is 14.4 Å². The van der Waals surface area contributed by atoms with Crippen molar-refractivity contribution in [1.82, 2.24) is 4.98 Å². The number of anilines is 1. The highest BCUT2D eigenvalue weighted by molar-refractivity contribution is 7.11. The van der Waals surface area contributed by atoms with Gasteiger partial charge in [0.25, 0.3) is 5.91 Å². The highest BCUT2D eigenvalue weighted by Gasteiger charge is 2.33. The van der Waals surface area contributed by atoms with E-state index in [4.69, 9.17) is 16.3 Å². The summed E-state index contributed by atoms with van der Waals surface area (Å²) in [5.74, 6) is -1.68. The second-order valence-electron chi connectivity index (χ2n) is 7.12. The molecule has 0 saturated heterocycles. The van der Waals surface area contributed by atoms with Gasteiger partial charge < -0.3 is 9.47 Å². The number of nitrogens with zero attached hydrogens (tertiary/aromatic N) is 2. The number of carbonyl (C=O) groups is 3. The summed E-state index contributed by atoms with van der Waals surface area (Å²) in [6.07, 6.45) is 5.16. The summed E-state index contributed by atoms with van der Waals surface area (Å²) in [6, 6.07) is 3.45. The number of ether oxygens (including phenoxy) is 2. The normalized spacial score (nSPS) is 13.6. The fourth-order valence-corrected chi connectivity index (χ4v) is 4.87. The van der Waals surface area contributed by atoms with Gasteiger partial charge in [-0.2, -0.15) is 4.39 Å². The second kappa shape index (κ2) is 10.7. The van der Waals surface area contributed by atoms with Crippen LogP contribution in [0.4, 0.5) is 10.1 Å². The molecule has 1 amide bonds. The molecule has 0 atom stereocenters. The monoisotopic (exact) mass is 480 g/mol. The van der Waals surface area contributed by atoms with E-state index in [0.717, 1.165) is 12.8 Å². The molecule has 3 rings (SSSR count). The SMILES string of the molecule is COC(=O)Cc1sc(F)c(N(Cc2cccnc2)C(=O)C2=C(C(=O)OC)CCCC2)c1Cl. The molecular formula is C22H22ClFN2O5S. The van der Waals surface area contributed by atoms with Crippen LogP contribution in [0.15, 0.2) is 35.7 Å². The van der Waals surface area contributed by atoms with Gasteiger partial charge in [-0.05, 0) is 37.3 Å². The molecule has 2 aromatic heterocycles. The zero-order chi connectivity index (χ0) is 23.3. The first-order valence-corrected chi connectivity index (χ1v) is 11.1. The van der Waals surface area contributed by atoms with Crippen molar-refractivity contribution in [2.24, 2.45) is 0 Å². The van der Waals surface area contributed by atoms with Gasteiger partial charge in [-0.1, -0.05) is 17.7 Å². The summed E-state index contributed by atoms with van der Waals surface area (Å²) in [4.78, 5) is 43.1. The molecule has 0 unspecified atom stereocenters. The highest BCUT2D eigenvalue weighted by atomic mass is 35.5. The Kier molecular flexibility index (Phi) is 7.98. The summed E-state index contributed by atoms with van der Waals surface area (Å²) in [5, 5.41) is -0.742. The minimum atomic E-state index is -0.706. The lowest BCUT2D eigenvalue weighted by atomic mass is 9.90. The molecule has 0 aromatic carbocycles. The predicted octanol–water partition coefficient (Wildman–Crippen LogP) is 4.23. The number of aromatic nitrogens is 1. The Balaban J connectivity index is 2.09. The van der Waals surface area contributed by atoms with Crippen LogP contribution in [0.2, 0.25) is 5.02 Å². The van der Waals surface area contributed by atoms with Crippen molar-refractivity contribution in [1.29, 1.82) is 0 Å². The molecule has 7 nitrogen and oxygen atoms in total. The molecule has 0 N–H and O–H groups in total. The lowest BCUT2D eigenvalue weighted by molar-refractivity contribution is -0.139. The second-order valence-corrected chi connectivity index (χ2v) is 8.56. The zero-order valence-electron chi connectivity index (χ0n) is 17.7.